The largest absolute Gasteiger partial charge is 0.584 e. The third-order valence-corrected chi connectivity index (χ3v) is 4.29. The fourth-order valence-corrected chi connectivity index (χ4v) is 2.96. The smallest absolute Gasteiger partial charge is 0.395 e. The van der Waals surface area contributed by atoms with E-state index in [2.05, 4.69) is 13.2 Å². The standard InChI is InChI=1S/C20H19O6P/c1-13(2)19(21)15-7-5-9-17(11-15)25-27(23,24)26-18-10-6-8-16(12-18)20(22)14(3)4/h5-12H,1,3H2,2,4H3,(H,23,24). The summed E-state index contributed by atoms with van der Waals surface area (Å²) in [6.07, 6.45) is 0. The van der Waals surface area contributed by atoms with Crippen molar-refractivity contribution in [2.45, 2.75) is 13.8 Å². The second-order valence-corrected chi connectivity index (χ2v) is 7.23. The van der Waals surface area contributed by atoms with Crippen LogP contribution in [-0.2, 0) is 4.57 Å². The molecule has 0 aliphatic rings. The first kappa shape index (κ1) is 20.4. The number of hydrogen-bond donors (Lipinski definition) is 1. The molecule has 27 heavy (non-hydrogen) atoms. The van der Waals surface area contributed by atoms with E-state index in [4.69, 9.17) is 9.05 Å². The van der Waals surface area contributed by atoms with Gasteiger partial charge < -0.3 is 9.05 Å². The Morgan fingerprint density at radius 1 is 0.852 bits per heavy atom. The number of hydrogen-bond acceptors (Lipinski definition) is 5. The molecule has 0 saturated heterocycles. The summed E-state index contributed by atoms with van der Waals surface area (Å²) in [5.41, 5.74) is 1.20. The van der Waals surface area contributed by atoms with Gasteiger partial charge in [0.05, 0.1) is 0 Å². The first-order valence-corrected chi connectivity index (χ1v) is 9.41. The van der Waals surface area contributed by atoms with Crippen LogP contribution in [0.1, 0.15) is 34.6 Å². The highest BCUT2D eigenvalue weighted by Gasteiger charge is 2.26. The van der Waals surface area contributed by atoms with Crippen LogP contribution >= 0.6 is 7.82 Å². The molecular formula is C20H19O6P. The van der Waals surface area contributed by atoms with Crippen molar-refractivity contribution in [1.82, 2.24) is 0 Å². The summed E-state index contributed by atoms with van der Waals surface area (Å²) < 4.78 is 22.3. The minimum Gasteiger partial charge on any atom is -0.395 e. The molecule has 2 aromatic carbocycles. The van der Waals surface area contributed by atoms with Crippen LogP contribution in [-0.4, -0.2) is 16.5 Å². The van der Waals surface area contributed by atoms with Gasteiger partial charge in [0.25, 0.3) is 0 Å². The van der Waals surface area contributed by atoms with Gasteiger partial charge in [0.2, 0.25) is 0 Å². The van der Waals surface area contributed by atoms with E-state index in [0.717, 1.165) is 0 Å². The maximum Gasteiger partial charge on any atom is 0.584 e. The topological polar surface area (TPSA) is 89.9 Å². The van der Waals surface area contributed by atoms with Crippen molar-refractivity contribution in [1.29, 1.82) is 0 Å². The molecular weight excluding hydrogens is 367 g/mol. The molecule has 0 spiro atoms. The lowest BCUT2D eigenvalue weighted by Crippen LogP contribution is -2.04. The third kappa shape index (κ3) is 5.51. The van der Waals surface area contributed by atoms with E-state index in [9.17, 15) is 19.0 Å². The number of Topliss-reactive ketones (excluding diaryl/α,β-unsaturated/α-hetero) is 2. The Bertz CT molecular complexity index is 900. The molecule has 2 rings (SSSR count). The zero-order chi connectivity index (χ0) is 20.2. The molecule has 0 fully saturated rings. The van der Waals surface area contributed by atoms with Crippen molar-refractivity contribution < 1.29 is 28.1 Å². The van der Waals surface area contributed by atoms with Crippen molar-refractivity contribution >= 4 is 19.4 Å². The molecule has 0 saturated carbocycles. The minimum atomic E-state index is -4.55. The molecule has 1 N–H and O–H groups in total. The quantitative estimate of drug-likeness (QED) is 0.400. The highest BCUT2D eigenvalue weighted by atomic mass is 31.2. The second-order valence-electron chi connectivity index (χ2n) is 5.93. The van der Waals surface area contributed by atoms with Crippen LogP contribution in [0, 0.1) is 0 Å². The molecule has 0 aromatic heterocycles. The summed E-state index contributed by atoms with van der Waals surface area (Å²) in [5, 5.41) is 0. The Morgan fingerprint density at radius 3 is 1.56 bits per heavy atom. The number of phosphoric acid groups is 1. The number of ketones is 2. The lowest BCUT2D eigenvalue weighted by molar-refractivity contribution is 0.102. The Balaban J connectivity index is 2.20. The van der Waals surface area contributed by atoms with Gasteiger partial charge in [-0.2, -0.15) is 0 Å². The lowest BCUT2D eigenvalue weighted by Gasteiger charge is -2.14. The monoisotopic (exact) mass is 386 g/mol. The molecule has 0 unspecified atom stereocenters. The molecule has 7 heteroatoms. The Hall–Kier alpha value is -2.95. The van der Waals surface area contributed by atoms with E-state index in [1.165, 1.54) is 36.4 Å². The molecule has 6 nitrogen and oxygen atoms in total. The van der Waals surface area contributed by atoms with Gasteiger partial charge in [-0.25, -0.2) is 4.57 Å². The van der Waals surface area contributed by atoms with Gasteiger partial charge in [0.1, 0.15) is 11.5 Å². The Labute approximate surface area is 157 Å². The molecule has 0 aliphatic heterocycles. The summed E-state index contributed by atoms with van der Waals surface area (Å²) in [6, 6.07) is 11.6. The molecule has 0 bridgehead atoms. The summed E-state index contributed by atoms with van der Waals surface area (Å²) in [6.45, 7) is 10.3. The highest BCUT2D eigenvalue weighted by Crippen LogP contribution is 2.44. The maximum atomic E-state index is 12.3. The number of carbonyl (C=O) groups excluding carboxylic acids is 2. The van der Waals surface area contributed by atoms with Crippen LogP contribution in [0.15, 0.2) is 72.8 Å². The van der Waals surface area contributed by atoms with Crippen LogP contribution in [0.2, 0.25) is 0 Å². The molecule has 0 aliphatic carbocycles. The van der Waals surface area contributed by atoms with Gasteiger partial charge in [0, 0.05) is 11.1 Å². The van der Waals surface area contributed by atoms with Gasteiger partial charge >= 0.3 is 7.82 Å². The van der Waals surface area contributed by atoms with Gasteiger partial charge in [-0.15, -0.1) is 0 Å². The summed E-state index contributed by atoms with van der Waals surface area (Å²) in [7, 11) is -4.55. The van der Waals surface area contributed by atoms with E-state index in [1.54, 1.807) is 26.0 Å². The molecule has 140 valence electrons. The molecule has 0 atom stereocenters. The van der Waals surface area contributed by atoms with Gasteiger partial charge in [-0.1, -0.05) is 37.4 Å². The average molecular weight is 386 g/mol. The van der Waals surface area contributed by atoms with Gasteiger partial charge in [-0.3, -0.25) is 14.5 Å². The zero-order valence-corrected chi connectivity index (χ0v) is 15.9. The van der Waals surface area contributed by atoms with Crippen LogP contribution in [0.3, 0.4) is 0 Å². The number of rotatable bonds is 8. The van der Waals surface area contributed by atoms with E-state index in [0.29, 0.717) is 11.1 Å². The fraction of sp³-hybridized carbons (Fsp3) is 0.100. The van der Waals surface area contributed by atoms with Gasteiger partial charge in [-0.05, 0) is 49.3 Å². The van der Waals surface area contributed by atoms with Crippen LogP contribution < -0.4 is 9.05 Å². The SMILES string of the molecule is C=C(C)C(=O)c1cccc(OP(=O)(O)Oc2cccc(C(=O)C(=C)C)c2)c1. The molecule has 2 aromatic rings. The Kier molecular flexibility index (Phi) is 6.16. The van der Waals surface area contributed by atoms with E-state index >= 15 is 0 Å². The normalized spacial score (nSPS) is 10.8. The van der Waals surface area contributed by atoms with Crippen molar-refractivity contribution in [3.05, 3.63) is 84.0 Å². The number of phosphoric ester groups is 1. The van der Waals surface area contributed by atoms with E-state index < -0.39 is 7.82 Å². The molecule has 0 amide bonds. The molecule has 0 radical (unpaired) electrons. The van der Waals surface area contributed by atoms with Gasteiger partial charge in [0.15, 0.2) is 11.6 Å². The van der Waals surface area contributed by atoms with E-state index in [1.807, 2.05) is 0 Å². The predicted molar refractivity (Wildman–Crippen MR) is 102 cm³/mol. The van der Waals surface area contributed by atoms with Crippen molar-refractivity contribution in [3.63, 3.8) is 0 Å². The first-order valence-electron chi connectivity index (χ1n) is 7.91. The van der Waals surface area contributed by atoms with Crippen LogP contribution in [0.5, 0.6) is 11.5 Å². The number of allylic oxidation sites excluding steroid dienone is 2. The zero-order valence-electron chi connectivity index (χ0n) is 15.0. The highest BCUT2D eigenvalue weighted by molar-refractivity contribution is 7.48. The lowest BCUT2D eigenvalue weighted by atomic mass is 10.1. The van der Waals surface area contributed by atoms with Crippen molar-refractivity contribution in [2.24, 2.45) is 0 Å². The third-order valence-electron chi connectivity index (χ3n) is 3.41. The second kappa shape index (κ2) is 8.16. The fourth-order valence-electron chi connectivity index (χ4n) is 2.17. The predicted octanol–water partition coefficient (Wildman–Crippen LogP) is 4.76. The van der Waals surface area contributed by atoms with Crippen LogP contribution in [0.25, 0.3) is 0 Å². The maximum absolute atomic E-state index is 12.3. The van der Waals surface area contributed by atoms with Crippen LogP contribution in [0.4, 0.5) is 0 Å². The van der Waals surface area contributed by atoms with Crippen molar-refractivity contribution in [2.75, 3.05) is 0 Å². The number of carbonyl (C=O) groups is 2. The first-order chi connectivity index (χ1) is 12.6. The van der Waals surface area contributed by atoms with E-state index in [-0.39, 0.29) is 34.2 Å². The van der Waals surface area contributed by atoms with Crippen molar-refractivity contribution in [3.8, 4) is 11.5 Å². The Morgan fingerprint density at radius 2 is 1.22 bits per heavy atom. The average Bonchev–Trinajstić information content (AvgIpc) is 2.59. The molecule has 0 heterocycles. The summed E-state index contributed by atoms with van der Waals surface area (Å²) in [5.74, 6) is -0.635. The summed E-state index contributed by atoms with van der Waals surface area (Å²) in [4.78, 5) is 33.9. The number of benzene rings is 2. The summed E-state index contributed by atoms with van der Waals surface area (Å²) >= 11 is 0. The minimum absolute atomic E-state index is 0.0119.